The lowest BCUT2D eigenvalue weighted by Crippen LogP contribution is -2.42. The Morgan fingerprint density at radius 1 is 1.26 bits per heavy atom. The Morgan fingerprint density at radius 3 is 2.87 bits per heavy atom. The number of amides is 1. The summed E-state index contributed by atoms with van der Waals surface area (Å²) in [6.45, 7) is 1.64. The van der Waals surface area contributed by atoms with Crippen LogP contribution in [-0.4, -0.2) is 30.5 Å². The molecule has 2 heterocycles. The van der Waals surface area contributed by atoms with Crippen molar-refractivity contribution < 1.29 is 13.9 Å². The summed E-state index contributed by atoms with van der Waals surface area (Å²) in [7, 11) is 0. The summed E-state index contributed by atoms with van der Waals surface area (Å²) in [6, 6.07) is 8.39. The normalized spacial score (nSPS) is 20.6. The van der Waals surface area contributed by atoms with Gasteiger partial charge >= 0.3 is 0 Å². The molecule has 1 aromatic carbocycles. The first-order valence-electron chi connectivity index (χ1n) is 7.98. The molecule has 120 valence electrons. The van der Waals surface area contributed by atoms with Gasteiger partial charge in [0, 0.05) is 11.4 Å². The van der Waals surface area contributed by atoms with Crippen molar-refractivity contribution in [1.82, 2.24) is 4.90 Å². The Hall–Kier alpha value is -1.72. The highest BCUT2D eigenvalue weighted by Crippen LogP contribution is 2.32. The summed E-state index contributed by atoms with van der Waals surface area (Å²) in [5, 5.41) is 0. The van der Waals surface area contributed by atoms with Gasteiger partial charge in [-0.2, -0.15) is 0 Å². The van der Waals surface area contributed by atoms with Gasteiger partial charge in [0.2, 0.25) is 0 Å². The van der Waals surface area contributed by atoms with E-state index in [1.165, 1.54) is 29.0 Å². The molecule has 5 heteroatoms. The van der Waals surface area contributed by atoms with E-state index in [0.29, 0.717) is 19.7 Å². The van der Waals surface area contributed by atoms with Gasteiger partial charge in [0.05, 0.1) is 18.0 Å². The molecule has 23 heavy (non-hydrogen) atoms. The smallest absolute Gasteiger partial charge is 0.264 e. The zero-order valence-corrected chi connectivity index (χ0v) is 13.6. The van der Waals surface area contributed by atoms with E-state index in [4.69, 9.17) is 4.74 Å². The third-order valence-electron chi connectivity index (χ3n) is 4.55. The van der Waals surface area contributed by atoms with E-state index in [0.717, 1.165) is 23.3 Å². The maximum Gasteiger partial charge on any atom is 0.264 e. The minimum Gasteiger partial charge on any atom is -0.370 e. The first kappa shape index (κ1) is 14.8. The van der Waals surface area contributed by atoms with Gasteiger partial charge in [-0.1, -0.05) is 12.1 Å². The maximum atomic E-state index is 13.1. The minimum absolute atomic E-state index is 0.0970. The van der Waals surface area contributed by atoms with Gasteiger partial charge in [0.15, 0.2) is 0 Å². The second kappa shape index (κ2) is 6.06. The second-order valence-corrected chi connectivity index (χ2v) is 7.21. The van der Waals surface area contributed by atoms with E-state index in [1.54, 1.807) is 23.5 Å². The van der Waals surface area contributed by atoms with Gasteiger partial charge in [0.25, 0.3) is 5.91 Å². The van der Waals surface area contributed by atoms with E-state index >= 15 is 0 Å². The Morgan fingerprint density at radius 2 is 2.09 bits per heavy atom. The van der Waals surface area contributed by atoms with Crippen LogP contribution in [0.5, 0.6) is 0 Å². The van der Waals surface area contributed by atoms with Crippen molar-refractivity contribution >= 4 is 17.2 Å². The Labute approximate surface area is 138 Å². The average Bonchev–Trinajstić information content (AvgIpc) is 3.16. The number of carbonyl (C=O) groups excluding carboxylic acids is 1. The monoisotopic (exact) mass is 331 g/mol. The highest BCUT2D eigenvalue weighted by atomic mass is 32.1. The minimum atomic E-state index is -0.259. The second-order valence-electron chi connectivity index (χ2n) is 6.07. The van der Waals surface area contributed by atoms with Crippen molar-refractivity contribution in [3.63, 3.8) is 0 Å². The molecule has 2 aromatic rings. The number of ether oxygens (including phenoxy) is 1. The van der Waals surface area contributed by atoms with Crippen LogP contribution < -0.4 is 0 Å². The third kappa shape index (κ3) is 2.91. The number of benzene rings is 1. The van der Waals surface area contributed by atoms with Crippen molar-refractivity contribution in [2.24, 2.45) is 0 Å². The van der Waals surface area contributed by atoms with Crippen molar-refractivity contribution in [2.75, 3.05) is 19.7 Å². The molecule has 1 saturated heterocycles. The van der Waals surface area contributed by atoms with Gasteiger partial charge in [-0.25, -0.2) is 4.39 Å². The van der Waals surface area contributed by atoms with Crippen LogP contribution in [0.2, 0.25) is 0 Å². The topological polar surface area (TPSA) is 29.5 Å². The number of fused-ring (bicyclic) bond motifs is 1. The van der Waals surface area contributed by atoms with Gasteiger partial charge < -0.3 is 9.64 Å². The number of hydrogen-bond acceptors (Lipinski definition) is 3. The molecule has 1 amide bonds. The standard InChI is InChI=1S/C18H18FNO2S/c19-14-6-4-12(5-7-14)15-11-20(8-9-22-15)18(21)17-10-13-2-1-3-16(13)23-17/h4-7,10,15H,1-3,8-9,11H2/t15-/m1/s1. The van der Waals surface area contributed by atoms with Crippen molar-refractivity contribution in [1.29, 1.82) is 0 Å². The molecule has 1 aromatic heterocycles. The van der Waals surface area contributed by atoms with E-state index in [1.807, 2.05) is 4.90 Å². The molecule has 0 radical (unpaired) electrons. The lowest BCUT2D eigenvalue weighted by Gasteiger charge is -2.33. The zero-order valence-electron chi connectivity index (χ0n) is 12.8. The van der Waals surface area contributed by atoms with Crippen molar-refractivity contribution in [3.05, 3.63) is 57.0 Å². The predicted molar refractivity (Wildman–Crippen MR) is 87.3 cm³/mol. The van der Waals surface area contributed by atoms with Crippen LogP contribution in [0.25, 0.3) is 0 Å². The zero-order chi connectivity index (χ0) is 15.8. The number of morpholine rings is 1. The van der Waals surface area contributed by atoms with E-state index in [-0.39, 0.29) is 17.8 Å². The summed E-state index contributed by atoms with van der Waals surface area (Å²) >= 11 is 1.64. The number of aryl methyl sites for hydroxylation is 2. The van der Waals surface area contributed by atoms with Gasteiger partial charge in [-0.15, -0.1) is 11.3 Å². The first-order chi connectivity index (χ1) is 11.2. The van der Waals surface area contributed by atoms with E-state index < -0.39 is 0 Å². The Balaban J connectivity index is 1.50. The van der Waals surface area contributed by atoms with Gasteiger partial charge in [-0.05, 0) is 48.6 Å². The lowest BCUT2D eigenvalue weighted by molar-refractivity contribution is -0.0226. The molecular weight excluding hydrogens is 313 g/mol. The van der Waals surface area contributed by atoms with Gasteiger partial charge in [0.1, 0.15) is 11.9 Å². The fourth-order valence-corrected chi connectivity index (χ4v) is 4.52. The number of rotatable bonds is 2. The molecule has 4 rings (SSSR count). The maximum absolute atomic E-state index is 13.1. The molecule has 1 atom stereocenters. The average molecular weight is 331 g/mol. The third-order valence-corrected chi connectivity index (χ3v) is 5.78. The van der Waals surface area contributed by atoms with Crippen molar-refractivity contribution in [2.45, 2.75) is 25.4 Å². The van der Waals surface area contributed by atoms with Crippen LogP contribution in [0.15, 0.2) is 30.3 Å². The van der Waals surface area contributed by atoms with Crippen LogP contribution in [0.4, 0.5) is 4.39 Å². The molecule has 0 spiro atoms. The SMILES string of the molecule is O=C(c1cc2c(s1)CCC2)N1CCO[C@@H](c2ccc(F)cc2)C1. The van der Waals surface area contributed by atoms with Crippen LogP contribution in [0.3, 0.4) is 0 Å². The summed E-state index contributed by atoms with van der Waals surface area (Å²) in [4.78, 5) is 16.8. The number of thiophene rings is 1. The highest BCUT2D eigenvalue weighted by molar-refractivity contribution is 7.14. The fraction of sp³-hybridized carbons (Fsp3) is 0.389. The fourth-order valence-electron chi connectivity index (χ4n) is 3.30. The lowest BCUT2D eigenvalue weighted by atomic mass is 10.1. The Kier molecular flexibility index (Phi) is 3.91. The first-order valence-corrected chi connectivity index (χ1v) is 8.80. The molecule has 0 saturated carbocycles. The van der Waals surface area contributed by atoms with Crippen LogP contribution >= 0.6 is 11.3 Å². The molecular formula is C18H18FNO2S. The van der Waals surface area contributed by atoms with Crippen LogP contribution in [0.1, 0.15) is 38.2 Å². The summed E-state index contributed by atoms with van der Waals surface area (Å²) in [5.74, 6) is -0.162. The molecule has 0 bridgehead atoms. The van der Waals surface area contributed by atoms with E-state index in [9.17, 15) is 9.18 Å². The predicted octanol–water partition coefficient (Wildman–Crippen LogP) is 3.59. The van der Waals surface area contributed by atoms with E-state index in [2.05, 4.69) is 6.07 Å². The number of nitrogens with zero attached hydrogens (tertiary/aromatic N) is 1. The molecule has 1 fully saturated rings. The highest BCUT2D eigenvalue weighted by Gasteiger charge is 2.28. The summed E-state index contributed by atoms with van der Waals surface area (Å²) < 4.78 is 18.8. The number of halogens is 1. The molecule has 2 aliphatic rings. The summed E-state index contributed by atoms with van der Waals surface area (Å²) in [6.07, 6.45) is 3.23. The largest absolute Gasteiger partial charge is 0.370 e. The number of hydrogen-bond donors (Lipinski definition) is 0. The molecule has 1 aliphatic heterocycles. The van der Waals surface area contributed by atoms with Crippen LogP contribution in [0, 0.1) is 5.82 Å². The van der Waals surface area contributed by atoms with Gasteiger partial charge in [-0.3, -0.25) is 4.79 Å². The molecule has 3 nitrogen and oxygen atoms in total. The molecule has 0 N–H and O–H groups in total. The van der Waals surface area contributed by atoms with Crippen molar-refractivity contribution in [3.8, 4) is 0 Å². The quantitative estimate of drug-likeness (QED) is 0.842. The summed E-state index contributed by atoms with van der Waals surface area (Å²) in [5.41, 5.74) is 2.26. The molecule has 0 unspecified atom stereocenters. The number of carbonyl (C=O) groups is 1. The molecule has 1 aliphatic carbocycles. The van der Waals surface area contributed by atoms with Crippen LogP contribution in [-0.2, 0) is 17.6 Å². The Bertz CT molecular complexity index is 704.